The third-order valence-corrected chi connectivity index (χ3v) is 2.61. The van der Waals surface area contributed by atoms with Gasteiger partial charge in [-0.2, -0.15) is 0 Å². The number of hydrogen-bond donors (Lipinski definition) is 0. The van der Waals surface area contributed by atoms with Crippen LogP contribution in [0.2, 0.25) is 0 Å². The van der Waals surface area contributed by atoms with Crippen LogP contribution < -0.4 is 0 Å². The third-order valence-electron chi connectivity index (χ3n) is 2.61. The minimum atomic E-state index is -0.255. The molecule has 1 rings (SSSR count). The van der Waals surface area contributed by atoms with Gasteiger partial charge in [0.15, 0.2) is 5.78 Å². The summed E-state index contributed by atoms with van der Waals surface area (Å²) in [7, 11) is 0. The number of ketones is 1. The van der Waals surface area contributed by atoms with Crippen LogP contribution in [-0.4, -0.2) is 5.78 Å². The zero-order valence-electron chi connectivity index (χ0n) is 9.51. The van der Waals surface area contributed by atoms with E-state index < -0.39 is 0 Å². The van der Waals surface area contributed by atoms with Gasteiger partial charge in [-0.1, -0.05) is 20.3 Å². The highest BCUT2D eigenvalue weighted by molar-refractivity contribution is 5.97. The molecule has 0 amide bonds. The minimum absolute atomic E-state index is 0.0276. The van der Waals surface area contributed by atoms with Crippen LogP contribution in [0, 0.1) is 18.7 Å². The second-order valence-corrected chi connectivity index (χ2v) is 4.02. The molecule has 1 aromatic carbocycles. The molecule has 1 nitrogen and oxygen atoms in total. The summed E-state index contributed by atoms with van der Waals surface area (Å²) in [6.07, 6.45) is 1.88. The second-order valence-electron chi connectivity index (χ2n) is 4.02. The van der Waals surface area contributed by atoms with Gasteiger partial charge < -0.3 is 0 Å². The first kappa shape index (κ1) is 11.9. The van der Waals surface area contributed by atoms with Crippen LogP contribution in [0.5, 0.6) is 0 Å². The molecule has 0 saturated carbocycles. The Morgan fingerprint density at radius 1 is 1.47 bits per heavy atom. The monoisotopic (exact) mass is 208 g/mol. The van der Waals surface area contributed by atoms with Gasteiger partial charge in [0, 0.05) is 11.5 Å². The van der Waals surface area contributed by atoms with Gasteiger partial charge in [0.05, 0.1) is 0 Å². The molecule has 1 aromatic rings. The van der Waals surface area contributed by atoms with E-state index in [-0.39, 0.29) is 17.5 Å². The Morgan fingerprint density at radius 2 is 2.13 bits per heavy atom. The molecule has 1 atom stereocenters. The minimum Gasteiger partial charge on any atom is -0.294 e. The van der Waals surface area contributed by atoms with E-state index in [1.807, 2.05) is 6.92 Å². The van der Waals surface area contributed by atoms with Gasteiger partial charge >= 0.3 is 0 Å². The molecule has 0 N–H and O–H groups in total. The number of halogens is 1. The van der Waals surface area contributed by atoms with Gasteiger partial charge in [0.1, 0.15) is 5.82 Å². The van der Waals surface area contributed by atoms with Crippen LogP contribution in [0.15, 0.2) is 18.2 Å². The van der Waals surface area contributed by atoms with Gasteiger partial charge in [-0.3, -0.25) is 4.79 Å². The number of carbonyl (C=O) groups is 1. The number of benzene rings is 1. The standard InChI is InChI=1S/C13H17FO/c1-4-5-9(2)13(15)11-6-7-12(14)10(3)8-11/h6-9H,4-5H2,1-3H3. The van der Waals surface area contributed by atoms with E-state index in [9.17, 15) is 9.18 Å². The van der Waals surface area contributed by atoms with Crippen LogP contribution in [-0.2, 0) is 0 Å². The number of rotatable bonds is 4. The number of aryl methyl sites for hydroxylation is 1. The maximum absolute atomic E-state index is 13.0. The maximum atomic E-state index is 13.0. The summed E-state index contributed by atoms with van der Waals surface area (Å²) in [6.45, 7) is 5.65. The van der Waals surface area contributed by atoms with Crippen LogP contribution in [0.1, 0.15) is 42.6 Å². The molecule has 1 unspecified atom stereocenters. The SMILES string of the molecule is CCCC(C)C(=O)c1ccc(F)c(C)c1. The average Bonchev–Trinajstić information content (AvgIpc) is 2.21. The van der Waals surface area contributed by atoms with E-state index in [0.29, 0.717) is 11.1 Å². The molecule has 0 aliphatic heterocycles. The van der Waals surface area contributed by atoms with Crippen molar-refractivity contribution in [2.24, 2.45) is 5.92 Å². The molecule has 15 heavy (non-hydrogen) atoms. The van der Waals surface area contributed by atoms with Crippen molar-refractivity contribution >= 4 is 5.78 Å². The van der Waals surface area contributed by atoms with Gasteiger partial charge in [-0.05, 0) is 37.1 Å². The lowest BCUT2D eigenvalue weighted by molar-refractivity contribution is 0.0923. The van der Waals surface area contributed by atoms with E-state index >= 15 is 0 Å². The van der Waals surface area contributed by atoms with Crippen molar-refractivity contribution in [3.05, 3.63) is 35.1 Å². The first-order valence-electron chi connectivity index (χ1n) is 5.36. The van der Waals surface area contributed by atoms with E-state index in [1.165, 1.54) is 6.07 Å². The van der Waals surface area contributed by atoms with Crippen molar-refractivity contribution in [2.75, 3.05) is 0 Å². The summed E-state index contributed by atoms with van der Waals surface area (Å²) in [5.74, 6) is -0.116. The summed E-state index contributed by atoms with van der Waals surface area (Å²) in [5.41, 5.74) is 1.15. The normalized spacial score (nSPS) is 12.5. The summed E-state index contributed by atoms with van der Waals surface area (Å²) < 4.78 is 13.0. The van der Waals surface area contributed by atoms with E-state index in [0.717, 1.165) is 12.8 Å². The first-order valence-corrected chi connectivity index (χ1v) is 5.36. The zero-order chi connectivity index (χ0) is 11.4. The number of carbonyl (C=O) groups excluding carboxylic acids is 1. The first-order chi connectivity index (χ1) is 7.06. The molecule has 0 heterocycles. The van der Waals surface area contributed by atoms with Gasteiger partial charge in [0.25, 0.3) is 0 Å². The Morgan fingerprint density at radius 3 is 2.67 bits per heavy atom. The highest BCUT2D eigenvalue weighted by atomic mass is 19.1. The molecule has 0 fully saturated rings. The van der Waals surface area contributed by atoms with Crippen molar-refractivity contribution in [3.63, 3.8) is 0 Å². The summed E-state index contributed by atoms with van der Waals surface area (Å²) in [6, 6.07) is 4.56. The number of hydrogen-bond acceptors (Lipinski definition) is 1. The lowest BCUT2D eigenvalue weighted by Gasteiger charge is -2.09. The molecule has 0 aliphatic rings. The van der Waals surface area contributed by atoms with Gasteiger partial charge in [-0.15, -0.1) is 0 Å². The molecular weight excluding hydrogens is 191 g/mol. The average molecular weight is 208 g/mol. The van der Waals surface area contributed by atoms with Crippen molar-refractivity contribution in [1.82, 2.24) is 0 Å². The predicted octanol–water partition coefficient (Wildman–Crippen LogP) is 3.75. The molecular formula is C13H17FO. The molecule has 0 aliphatic carbocycles. The van der Waals surface area contributed by atoms with Crippen LogP contribution in [0.25, 0.3) is 0 Å². The van der Waals surface area contributed by atoms with Crippen LogP contribution >= 0.6 is 0 Å². The Labute approximate surface area is 90.3 Å². The maximum Gasteiger partial charge on any atom is 0.165 e. The smallest absolute Gasteiger partial charge is 0.165 e. The highest BCUT2D eigenvalue weighted by Gasteiger charge is 2.14. The Bertz CT molecular complexity index is 358. The quantitative estimate of drug-likeness (QED) is 0.689. The number of Topliss-reactive ketones (excluding diaryl/α,β-unsaturated/α-hetero) is 1. The van der Waals surface area contributed by atoms with Crippen molar-refractivity contribution in [2.45, 2.75) is 33.6 Å². The summed E-state index contributed by atoms with van der Waals surface area (Å²) >= 11 is 0. The summed E-state index contributed by atoms with van der Waals surface area (Å²) in [5, 5.41) is 0. The Kier molecular flexibility index (Phi) is 4.01. The van der Waals surface area contributed by atoms with Crippen LogP contribution in [0.3, 0.4) is 0 Å². The Hall–Kier alpha value is -1.18. The van der Waals surface area contributed by atoms with Crippen molar-refractivity contribution < 1.29 is 9.18 Å². The van der Waals surface area contributed by atoms with E-state index in [1.54, 1.807) is 19.1 Å². The van der Waals surface area contributed by atoms with E-state index in [2.05, 4.69) is 6.92 Å². The largest absolute Gasteiger partial charge is 0.294 e. The van der Waals surface area contributed by atoms with Gasteiger partial charge in [0.2, 0.25) is 0 Å². The molecule has 0 saturated heterocycles. The summed E-state index contributed by atoms with van der Waals surface area (Å²) in [4.78, 5) is 11.9. The molecule has 82 valence electrons. The molecule has 2 heteroatoms. The second kappa shape index (κ2) is 5.06. The lowest BCUT2D eigenvalue weighted by atomic mass is 9.94. The van der Waals surface area contributed by atoms with E-state index in [4.69, 9.17) is 0 Å². The predicted molar refractivity (Wildman–Crippen MR) is 59.5 cm³/mol. The van der Waals surface area contributed by atoms with Gasteiger partial charge in [-0.25, -0.2) is 4.39 Å². The van der Waals surface area contributed by atoms with Crippen LogP contribution in [0.4, 0.5) is 4.39 Å². The third kappa shape index (κ3) is 2.88. The fourth-order valence-electron chi connectivity index (χ4n) is 1.65. The molecule has 0 spiro atoms. The lowest BCUT2D eigenvalue weighted by Crippen LogP contribution is -2.11. The molecule has 0 aromatic heterocycles. The fraction of sp³-hybridized carbons (Fsp3) is 0.462. The topological polar surface area (TPSA) is 17.1 Å². The van der Waals surface area contributed by atoms with Crippen molar-refractivity contribution in [1.29, 1.82) is 0 Å². The molecule has 0 bridgehead atoms. The molecule has 0 radical (unpaired) electrons. The Balaban J connectivity index is 2.87. The van der Waals surface area contributed by atoms with Crippen molar-refractivity contribution in [3.8, 4) is 0 Å². The zero-order valence-corrected chi connectivity index (χ0v) is 9.51. The highest BCUT2D eigenvalue weighted by Crippen LogP contribution is 2.16. The fourth-order valence-corrected chi connectivity index (χ4v) is 1.65.